The van der Waals surface area contributed by atoms with Gasteiger partial charge in [-0.1, -0.05) is 37.1 Å². The van der Waals surface area contributed by atoms with Gasteiger partial charge >= 0.3 is 0 Å². The number of carbonyl (C=O) groups excluding carboxylic acids is 1. The summed E-state index contributed by atoms with van der Waals surface area (Å²) in [7, 11) is 0. The highest BCUT2D eigenvalue weighted by atomic mass is 35.5. The van der Waals surface area contributed by atoms with E-state index in [1.165, 1.54) is 0 Å². The maximum absolute atomic E-state index is 11.5. The first-order valence-electron chi connectivity index (χ1n) is 5.91. The van der Waals surface area contributed by atoms with Gasteiger partial charge in [0.05, 0.1) is 6.04 Å². The molecule has 0 radical (unpaired) electrons. The average Bonchev–Trinajstić information content (AvgIpc) is 2.29. The Morgan fingerprint density at radius 2 is 2.29 bits per heavy atom. The predicted octanol–water partition coefficient (Wildman–Crippen LogP) is 2.13. The van der Waals surface area contributed by atoms with E-state index in [9.17, 15) is 4.79 Å². The molecule has 17 heavy (non-hydrogen) atoms. The number of rotatable bonds is 6. The molecule has 0 aliphatic heterocycles. The Hall–Kier alpha value is -1.06. The smallest absolute Gasteiger partial charge is 0.236 e. The molecule has 1 unspecified atom stereocenters. The third-order valence-corrected chi connectivity index (χ3v) is 2.77. The number of benzene rings is 1. The van der Waals surface area contributed by atoms with Crippen molar-refractivity contribution in [2.24, 2.45) is 5.73 Å². The monoisotopic (exact) mass is 254 g/mol. The highest BCUT2D eigenvalue weighted by Crippen LogP contribution is 2.10. The minimum atomic E-state index is -0.389. The van der Waals surface area contributed by atoms with Gasteiger partial charge in [-0.25, -0.2) is 0 Å². The highest BCUT2D eigenvalue weighted by Gasteiger charge is 2.10. The molecule has 0 heterocycles. The van der Waals surface area contributed by atoms with Crippen molar-refractivity contribution in [3.05, 3.63) is 34.9 Å². The first kappa shape index (κ1) is 14.0. The van der Waals surface area contributed by atoms with Crippen LogP contribution in [0.15, 0.2) is 24.3 Å². The van der Waals surface area contributed by atoms with E-state index < -0.39 is 0 Å². The van der Waals surface area contributed by atoms with E-state index >= 15 is 0 Å². The van der Waals surface area contributed by atoms with Gasteiger partial charge in [-0.2, -0.15) is 0 Å². The zero-order valence-electron chi connectivity index (χ0n) is 10.1. The molecule has 1 atom stereocenters. The quantitative estimate of drug-likeness (QED) is 0.817. The van der Waals surface area contributed by atoms with Crippen molar-refractivity contribution < 1.29 is 4.79 Å². The van der Waals surface area contributed by atoms with Crippen LogP contribution in [0, 0.1) is 0 Å². The SMILES string of the molecule is CCCC(N)C(=O)NCCc1cccc(Cl)c1. The van der Waals surface area contributed by atoms with Gasteiger partial charge in [0, 0.05) is 11.6 Å². The number of nitrogens with two attached hydrogens (primary N) is 1. The molecule has 1 rings (SSSR count). The zero-order chi connectivity index (χ0) is 12.7. The predicted molar refractivity (Wildman–Crippen MR) is 71.0 cm³/mol. The third-order valence-electron chi connectivity index (χ3n) is 2.54. The Morgan fingerprint density at radius 3 is 2.94 bits per heavy atom. The fourth-order valence-corrected chi connectivity index (χ4v) is 1.81. The molecule has 1 aromatic carbocycles. The molecule has 0 saturated carbocycles. The van der Waals surface area contributed by atoms with Crippen LogP contribution in [0.5, 0.6) is 0 Å². The van der Waals surface area contributed by atoms with Crippen LogP contribution in [-0.4, -0.2) is 18.5 Å². The lowest BCUT2D eigenvalue weighted by atomic mass is 10.1. The van der Waals surface area contributed by atoms with Crippen LogP contribution in [0.1, 0.15) is 25.3 Å². The summed E-state index contributed by atoms with van der Waals surface area (Å²) in [4.78, 5) is 11.5. The minimum Gasteiger partial charge on any atom is -0.354 e. The first-order chi connectivity index (χ1) is 8.13. The lowest BCUT2D eigenvalue weighted by Crippen LogP contribution is -2.41. The topological polar surface area (TPSA) is 55.1 Å². The summed E-state index contributed by atoms with van der Waals surface area (Å²) >= 11 is 5.87. The maximum Gasteiger partial charge on any atom is 0.236 e. The van der Waals surface area contributed by atoms with E-state index in [2.05, 4.69) is 5.32 Å². The molecule has 0 aliphatic rings. The fourth-order valence-electron chi connectivity index (χ4n) is 1.60. The minimum absolute atomic E-state index is 0.0751. The summed E-state index contributed by atoms with van der Waals surface area (Å²) in [6.45, 7) is 2.61. The molecular formula is C13H19ClN2O. The lowest BCUT2D eigenvalue weighted by Gasteiger charge is -2.11. The third kappa shape index (κ3) is 5.20. The van der Waals surface area contributed by atoms with Crippen LogP contribution >= 0.6 is 11.6 Å². The lowest BCUT2D eigenvalue weighted by molar-refractivity contribution is -0.122. The number of hydrogen-bond donors (Lipinski definition) is 2. The summed E-state index contributed by atoms with van der Waals surface area (Å²) in [5.74, 6) is -0.0751. The Labute approximate surface area is 107 Å². The van der Waals surface area contributed by atoms with Gasteiger partial charge in [-0.3, -0.25) is 4.79 Å². The van der Waals surface area contributed by atoms with Gasteiger partial charge in [0.15, 0.2) is 0 Å². The molecule has 0 bridgehead atoms. The van der Waals surface area contributed by atoms with Crippen molar-refractivity contribution in [1.29, 1.82) is 0 Å². The normalized spacial score (nSPS) is 12.2. The molecule has 0 spiro atoms. The zero-order valence-corrected chi connectivity index (χ0v) is 10.8. The molecule has 0 aromatic heterocycles. The van der Waals surface area contributed by atoms with E-state index in [4.69, 9.17) is 17.3 Å². The average molecular weight is 255 g/mol. The number of hydrogen-bond acceptors (Lipinski definition) is 2. The second kappa shape index (κ2) is 7.30. The second-order valence-corrected chi connectivity index (χ2v) is 4.50. The number of nitrogens with one attached hydrogen (secondary N) is 1. The standard InChI is InChI=1S/C13H19ClN2O/c1-2-4-12(15)13(17)16-8-7-10-5-3-6-11(14)9-10/h3,5-6,9,12H,2,4,7-8,15H2,1H3,(H,16,17). The molecule has 3 N–H and O–H groups in total. The van der Waals surface area contributed by atoms with Crippen LogP contribution < -0.4 is 11.1 Å². The maximum atomic E-state index is 11.5. The van der Waals surface area contributed by atoms with Gasteiger partial charge in [0.1, 0.15) is 0 Å². The Balaban J connectivity index is 2.30. The van der Waals surface area contributed by atoms with Crippen molar-refractivity contribution in [2.75, 3.05) is 6.54 Å². The van der Waals surface area contributed by atoms with Crippen molar-refractivity contribution in [2.45, 2.75) is 32.2 Å². The van der Waals surface area contributed by atoms with Gasteiger partial charge in [-0.05, 0) is 30.5 Å². The number of carbonyl (C=O) groups is 1. The summed E-state index contributed by atoms with van der Waals surface area (Å²) < 4.78 is 0. The van der Waals surface area contributed by atoms with Crippen LogP contribution in [0.3, 0.4) is 0 Å². The molecule has 0 aliphatic carbocycles. The van der Waals surface area contributed by atoms with E-state index in [-0.39, 0.29) is 11.9 Å². The molecule has 0 saturated heterocycles. The highest BCUT2D eigenvalue weighted by molar-refractivity contribution is 6.30. The van der Waals surface area contributed by atoms with Gasteiger partial charge in [-0.15, -0.1) is 0 Å². The van der Waals surface area contributed by atoms with Crippen LogP contribution in [0.25, 0.3) is 0 Å². The summed E-state index contributed by atoms with van der Waals surface area (Å²) in [6, 6.07) is 7.24. The number of halogens is 1. The molecule has 4 heteroatoms. The fraction of sp³-hybridized carbons (Fsp3) is 0.462. The molecular weight excluding hydrogens is 236 g/mol. The van der Waals surface area contributed by atoms with Crippen LogP contribution in [0.4, 0.5) is 0 Å². The van der Waals surface area contributed by atoms with E-state index in [0.29, 0.717) is 6.54 Å². The Bertz CT molecular complexity index is 368. The Morgan fingerprint density at radius 1 is 1.53 bits per heavy atom. The second-order valence-electron chi connectivity index (χ2n) is 4.07. The van der Waals surface area contributed by atoms with E-state index in [1.54, 1.807) is 0 Å². The largest absolute Gasteiger partial charge is 0.354 e. The van der Waals surface area contributed by atoms with Crippen molar-refractivity contribution >= 4 is 17.5 Å². The summed E-state index contributed by atoms with van der Waals surface area (Å²) in [5, 5.41) is 3.55. The van der Waals surface area contributed by atoms with Crippen molar-refractivity contribution in [3.8, 4) is 0 Å². The van der Waals surface area contributed by atoms with Crippen LogP contribution in [0.2, 0.25) is 5.02 Å². The molecule has 1 aromatic rings. The molecule has 3 nitrogen and oxygen atoms in total. The van der Waals surface area contributed by atoms with E-state index in [0.717, 1.165) is 29.8 Å². The molecule has 1 amide bonds. The van der Waals surface area contributed by atoms with Crippen LogP contribution in [-0.2, 0) is 11.2 Å². The summed E-state index contributed by atoms with van der Waals surface area (Å²) in [5.41, 5.74) is 6.81. The van der Waals surface area contributed by atoms with Gasteiger partial charge < -0.3 is 11.1 Å². The molecule has 94 valence electrons. The van der Waals surface area contributed by atoms with Crippen molar-refractivity contribution in [1.82, 2.24) is 5.32 Å². The van der Waals surface area contributed by atoms with Crippen molar-refractivity contribution in [3.63, 3.8) is 0 Å². The number of amides is 1. The van der Waals surface area contributed by atoms with Gasteiger partial charge in [0.2, 0.25) is 5.91 Å². The first-order valence-corrected chi connectivity index (χ1v) is 6.29. The van der Waals surface area contributed by atoms with Gasteiger partial charge in [0.25, 0.3) is 0 Å². The molecule has 0 fully saturated rings. The Kier molecular flexibility index (Phi) is 6.01. The van der Waals surface area contributed by atoms with E-state index in [1.807, 2.05) is 31.2 Å². The summed E-state index contributed by atoms with van der Waals surface area (Å²) in [6.07, 6.45) is 2.41.